The van der Waals surface area contributed by atoms with Crippen molar-refractivity contribution in [3.8, 4) is 6.19 Å². The summed E-state index contributed by atoms with van der Waals surface area (Å²) in [4.78, 5) is 0. The van der Waals surface area contributed by atoms with Crippen LogP contribution in [0.4, 0.5) is 0 Å². The number of hydrogen-bond acceptors (Lipinski definition) is 3. The molecule has 0 aliphatic rings. The van der Waals surface area contributed by atoms with E-state index in [1.165, 1.54) is 6.19 Å². The lowest BCUT2D eigenvalue weighted by Crippen LogP contribution is -1.52. The molecule has 0 aromatic heterocycles. The van der Waals surface area contributed by atoms with Crippen molar-refractivity contribution in [3.05, 3.63) is 0 Å². The lowest BCUT2D eigenvalue weighted by atomic mass is 11.5. The lowest BCUT2D eigenvalue weighted by molar-refractivity contribution is 0.723. The average Bonchev–Trinajstić information content (AvgIpc) is 3.55. The fourth-order valence-electron chi connectivity index (χ4n) is 1.54. The van der Waals surface area contributed by atoms with Crippen LogP contribution in [-0.2, 0) is 0 Å². The second kappa shape index (κ2) is 70.9. The van der Waals surface area contributed by atoms with Crippen LogP contribution in [0, 0.1) is 17.0 Å². The standard InChI is InChI=1S/CHN89/c2-1-4-6-8-10-12-14-16-18-20-22-24-26-28-30-32-34-36-38-40-42-44-46-48-50-52-54-56-58-60-62-64-66-68-70-72-74-76-78-80-82-84-86-88-90-89-87-85-83-81-79-77-75-73-71-69-67-65-63-61-59-57-55-53-51-49-47-45-43-41-39-37-35-33-31-29-27-25-23-21-19-17-15-13-11-9-7-5-3/h3H. The van der Waals surface area contributed by atoms with Crippen LogP contribution in [0.15, 0.2) is 454 Å². The number of nitrogens with one attached hydrogen (secondary N) is 1. The van der Waals surface area contributed by atoms with Crippen LogP contribution in [0.5, 0.6) is 0 Å². The van der Waals surface area contributed by atoms with Crippen LogP contribution in [0.2, 0.25) is 0 Å². The van der Waals surface area contributed by atoms with Gasteiger partial charge < -0.3 is 0 Å². The smallest absolute Gasteiger partial charge is 0.183 e. The van der Waals surface area contributed by atoms with Gasteiger partial charge in [0.25, 0.3) is 0 Å². The minimum absolute atomic E-state index is 1.31. The maximum absolute atomic E-state index is 8.03. The molecular formula is CHN89. The van der Waals surface area contributed by atoms with E-state index in [2.05, 4.69) is 454 Å². The van der Waals surface area contributed by atoms with Crippen LogP contribution in [0.25, 0.3) is 0 Å². The normalized spacial score (nSPS) is 15.5. The molecule has 0 unspecified atom stereocenters. The van der Waals surface area contributed by atoms with Crippen molar-refractivity contribution in [2.24, 2.45) is 454 Å². The molecule has 90 heavy (non-hydrogen) atoms. The van der Waals surface area contributed by atoms with Crippen LogP contribution in [-0.4, -0.2) is 0 Å². The Morgan fingerprint density at radius 3 is 0.244 bits per heavy atom. The summed E-state index contributed by atoms with van der Waals surface area (Å²) in [5, 5.41) is 267. The van der Waals surface area contributed by atoms with Gasteiger partial charge in [-0.1, -0.05) is 0 Å². The van der Waals surface area contributed by atoms with Crippen molar-refractivity contribution in [2.45, 2.75) is 0 Å². The van der Waals surface area contributed by atoms with Gasteiger partial charge in [0.05, 0.1) is 0 Å². The first-order valence-corrected chi connectivity index (χ1v) is 17.9. The van der Waals surface area contributed by atoms with Gasteiger partial charge >= 0.3 is 0 Å². The summed E-state index contributed by atoms with van der Waals surface area (Å²) in [5.41, 5.74) is 6.27. The molecule has 0 spiro atoms. The average molecular weight is 1260 g/mol. The molecule has 0 saturated carbocycles. The maximum atomic E-state index is 8.03. The van der Waals surface area contributed by atoms with Gasteiger partial charge in [0, 0.05) is 366 Å². The molecule has 0 aromatic rings. The molecule has 0 fully saturated rings. The predicted octanol–water partition coefficient (Wildman–Crippen LogP) is 16.3. The molecule has 0 atom stereocenters. The van der Waals surface area contributed by atoms with Crippen molar-refractivity contribution >= 4 is 0 Å². The molecule has 0 aromatic carbocycles. The van der Waals surface area contributed by atoms with E-state index in [-0.39, 0.29) is 0 Å². The Labute approximate surface area is 471 Å². The zero-order valence-corrected chi connectivity index (χ0v) is 40.4. The van der Waals surface area contributed by atoms with Crippen LogP contribution < -0.4 is 0 Å². The zero-order chi connectivity index (χ0) is 64.2. The van der Waals surface area contributed by atoms with E-state index >= 15 is 0 Å². The Balaban J connectivity index is 4.11. The Bertz CT molecular complexity index is 3320. The van der Waals surface area contributed by atoms with Gasteiger partial charge in [0.1, 0.15) is 0 Å². The molecule has 450 valence electrons. The monoisotopic (exact) mass is 1260 g/mol. The molecule has 89 nitrogen and oxygen atoms in total. The molecule has 0 bridgehead atoms. The SMILES string of the molecule is N#CN=NN=NN=NN=NN=NN=NN=NN=NN=NN=NN=NN=NN=NN=NN=NN=NN=NN=NN=NN=NN=NN=NN=NN=NN=NN=NN=NN=NN=NN=NN=NN=NN=NN=NN=NN=NN=NN=NN=NN=NN=NN=NN=NN=N. The topological polar surface area (TPSA) is 1120 Å². The number of nitriles is 1. The first-order valence-electron chi connectivity index (χ1n) is 17.9. The zero-order valence-electron chi connectivity index (χ0n) is 40.4. The largest absolute Gasteiger partial charge is 0.227 e. The van der Waals surface area contributed by atoms with E-state index in [0.29, 0.717) is 0 Å². The van der Waals surface area contributed by atoms with Crippen molar-refractivity contribution in [2.75, 3.05) is 0 Å². The number of rotatable bonds is 43. The lowest BCUT2D eigenvalue weighted by Gasteiger charge is -1.71. The maximum Gasteiger partial charge on any atom is 0.227 e. The van der Waals surface area contributed by atoms with Gasteiger partial charge in [-0.2, -0.15) is 10.8 Å². The van der Waals surface area contributed by atoms with E-state index in [4.69, 9.17) is 10.8 Å². The number of nitrogens with zero attached hydrogens (tertiary/aromatic N) is 88. The van der Waals surface area contributed by atoms with Crippen molar-refractivity contribution in [3.63, 3.8) is 0 Å². The Hall–Kier alpha value is -18.1. The highest BCUT2D eigenvalue weighted by Gasteiger charge is 1.79. The van der Waals surface area contributed by atoms with Gasteiger partial charge in [-0.05, 0) is 88.7 Å². The Morgan fingerprint density at radius 1 is 0.111 bits per heavy atom. The van der Waals surface area contributed by atoms with Gasteiger partial charge in [-0.3, -0.25) is 0 Å². The molecule has 0 rings (SSSR count). The van der Waals surface area contributed by atoms with Crippen molar-refractivity contribution in [1.29, 1.82) is 10.8 Å². The molecule has 0 heterocycles. The summed E-state index contributed by atoms with van der Waals surface area (Å²) in [6.45, 7) is 0. The molecule has 0 amide bonds. The molecular weight excluding hydrogens is 1260 g/mol. The van der Waals surface area contributed by atoms with E-state index in [9.17, 15) is 0 Å². The van der Waals surface area contributed by atoms with Crippen LogP contribution in [0.1, 0.15) is 0 Å². The van der Waals surface area contributed by atoms with E-state index in [1.54, 1.807) is 0 Å². The Morgan fingerprint density at radius 2 is 0.178 bits per heavy atom. The van der Waals surface area contributed by atoms with Crippen LogP contribution in [0.3, 0.4) is 0 Å². The van der Waals surface area contributed by atoms with Crippen molar-refractivity contribution in [1.82, 2.24) is 0 Å². The molecule has 0 saturated heterocycles. The third kappa shape index (κ3) is 69.9. The molecule has 0 aliphatic carbocycles. The second-order valence-corrected chi connectivity index (χ2v) is 7.90. The summed E-state index contributed by atoms with van der Waals surface area (Å²) in [7, 11) is 0. The highest BCUT2D eigenvalue weighted by Crippen LogP contribution is 1.97. The minimum Gasteiger partial charge on any atom is -0.183 e. The van der Waals surface area contributed by atoms with E-state index in [0.717, 1.165) is 0 Å². The summed E-state index contributed by atoms with van der Waals surface area (Å²) >= 11 is 0. The van der Waals surface area contributed by atoms with E-state index in [1.807, 2.05) is 0 Å². The fourth-order valence-corrected chi connectivity index (χ4v) is 1.54. The quantitative estimate of drug-likeness (QED) is 0.0347. The first-order chi connectivity index (χ1) is 44.9. The van der Waals surface area contributed by atoms with E-state index < -0.39 is 0 Å². The summed E-state index contributed by atoms with van der Waals surface area (Å²) < 4.78 is 0. The molecule has 1 N–H and O–H groups in total. The molecule has 0 aliphatic heterocycles. The fraction of sp³-hybridized carbons (Fsp3) is 0. The van der Waals surface area contributed by atoms with Crippen molar-refractivity contribution < 1.29 is 0 Å². The van der Waals surface area contributed by atoms with Crippen LogP contribution >= 0.6 is 0 Å². The van der Waals surface area contributed by atoms with Gasteiger partial charge in [-0.15, -0.1) is 0 Å². The molecule has 0 radical (unpaired) electrons. The molecule has 89 heteroatoms. The summed E-state index contributed by atoms with van der Waals surface area (Å²) in [6, 6.07) is 0. The van der Waals surface area contributed by atoms with Gasteiger partial charge in [0.15, 0.2) is 0 Å². The second-order valence-electron chi connectivity index (χ2n) is 7.90. The third-order valence-electron chi connectivity index (χ3n) is 3.49. The summed E-state index contributed by atoms with van der Waals surface area (Å²) in [6.07, 6.45) is 1.31. The third-order valence-corrected chi connectivity index (χ3v) is 3.49. The predicted molar refractivity (Wildman–Crippen MR) is 220 cm³/mol. The first kappa shape index (κ1) is 71.9. The number of hydrogen-bond donors (Lipinski definition) is 1. The van der Waals surface area contributed by atoms with Gasteiger partial charge in [0.2, 0.25) is 6.19 Å². The Kier molecular flexibility index (Phi) is 56.6. The summed E-state index contributed by atoms with van der Waals surface area (Å²) in [5.74, 6) is 0. The highest BCUT2D eigenvalue weighted by molar-refractivity contribution is 4.56. The minimum atomic E-state index is 1.31. The highest BCUT2D eigenvalue weighted by atomic mass is 15.8. The van der Waals surface area contributed by atoms with Gasteiger partial charge in [-0.25, -0.2) is 0 Å².